The van der Waals surface area contributed by atoms with Gasteiger partial charge in [-0.2, -0.15) is 0 Å². The number of aliphatic hydroxyl groups excluding tert-OH is 1. The molecule has 94 valence electrons. The van der Waals surface area contributed by atoms with Crippen LogP contribution in [0.15, 0.2) is 0 Å². The molecule has 4 nitrogen and oxygen atoms in total. The molecule has 2 N–H and O–H groups in total. The number of hydrogen-bond acceptors (Lipinski definition) is 4. The highest BCUT2D eigenvalue weighted by atomic mass is 16.5. The molecule has 0 aromatic rings. The fourth-order valence-electron chi connectivity index (χ4n) is 2.22. The van der Waals surface area contributed by atoms with Gasteiger partial charge in [-0.15, -0.1) is 0 Å². The van der Waals surface area contributed by atoms with Crippen LogP contribution in [0.3, 0.4) is 0 Å². The molecule has 0 amide bonds. The van der Waals surface area contributed by atoms with E-state index in [9.17, 15) is 5.11 Å². The zero-order valence-electron chi connectivity index (χ0n) is 10.2. The molecule has 4 heteroatoms. The summed E-state index contributed by atoms with van der Waals surface area (Å²) in [6, 6.07) is 0.998. The van der Waals surface area contributed by atoms with Crippen molar-refractivity contribution >= 4 is 0 Å². The van der Waals surface area contributed by atoms with E-state index < -0.39 is 0 Å². The minimum atomic E-state index is 0.206. The van der Waals surface area contributed by atoms with Gasteiger partial charge >= 0.3 is 0 Å². The third-order valence-electron chi connectivity index (χ3n) is 3.44. The Labute approximate surface area is 98.0 Å². The summed E-state index contributed by atoms with van der Waals surface area (Å²) in [6.07, 6.45) is 2.70. The molecule has 1 heterocycles. The molecule has 1 saturated heterocycles. The molecule has 2 rings (SSSR count). The fraction of sp³-hybridized carbons (Fsp3) is 1.00. The number of nitrogens with one attached hydrogen (secondary N) is 1. The van der Waals surface area contributed by atoms with E-state index in [1.807, 2.05) is 0 Å². The summed E-state index contributed by atoms with van der Waals surface area (Å²) in [7, 11) is 0. The number of ether oxygens (including phenoxy) is 1. The van der Waals surface area contributed by atoms with Gasteiger partial charge in [-0.25, -0.2) is 0 Å². The third-order valence-corrected chi connectivity index (χ3v) is 3.44. The average molecular weight is 228 g/mol. The highest BCUT2D eigenvalue weighted by Crippen LogP contribution is 2.19. The lowest BCUT2D eigenvalue weighted by molar-refractivity contribution is -0.0324. The van der Waals surface area contributed by atoms with E-state index in [1.54, 1.807) is 0 Å². The van der Waals surface area contributed by atoms with Crippen LogP contribution in [0.5, 0.6) is 0 Å². The number of morpholine rings is 1. The van der Waals surface area contributed by atoms with Gasteiger partial charge in [-0.05, 0) is 25.3 Å². The molecule has 0 spiro atoms. The summed E-state index contributed by atoms with van der Waals surface area (Å²) >= 11 is 0. The number of aliphatic hydroxyl groups is 1. The topological polar surface area (TPSA) is 44.7 Å². The Kier molecular flexibility index (Phi) is 4.58. The lowest BCUT2D eigenvalue weighted by Crippen LogP contribution is -2.49. The van der Waals surface area contributed by atoms with Gasteiger partial charge in [0.2, 0.25) is 0 Å². The zero-order valence-corrected chi connectivity index (χ0v) is 10.2. The molecule has 0 radical (unpaired) electrons. The summed E-state index contributed by atoms with van der Waals surface area (Å²) < 4.78 is 5.38. The highest BCUT2D eigenvalue weighted by Gasteiger charge is 2.25. The maximum absolute atomic E-state index is 9.27. The predicted octanol–water partition coefficient (Wildman–Crippen LogP) is 0.0676. The third kappa shape index (κ3) is 3.70. The van der Waals surface area contributed by atoms with E-state index in [-0.39, 0.29) is 12.6 Å². The molecule has 2 fully saturated rings. The predicted molar refractivity (Wildman–Crippen MR) is 63.5 cm³/mol. The normalized spacial score (nSPS) is 29.2. The van der Waals surface area contributed by atoms with Crippen LogP contribution >= 0.6 is 0 Å². The summed E-state index contributed by atoms with van der Waals surface area (Å²) in [4.78, 5) is 2.36. The largest absolute Gasteiger partial charge is 0.395 e. The van der Waals surface area contributed by atoms with Crippen LogP contribution in [0.2, 0.25) is 0 Å². The molecule has 1 saturated carbocycles. The van der Waals surface area contributed by atoms with E-state index in [1.165, 1.54) is 12.8 Å². The van der Waals surface area contributed by atoms with Crippen molar-refractivity contribution in [2.45, 2.75) is 31.8 Å². The zero-order chi connectivity index (χ0) is 11.4. The molecule has 0 aromatic carbocycles. The fourth-order valence-corrected chi connectivity index (χ4v) is 2.22. The van der Waals surface area contributed by atoms with Gasteiger partial charge in [0.1, 0.15) is 0 Å². The Morgan fingerprint density at radius 2 is 2.31 bits per heavy atom. The maximum atomic E-state index is 9.27. The molecule has 0 aromatic heterocycles. The van der Waals surface area contributed by atoms with Crippen LogP contribution in [0.4, 0.5) is 0 Å². The molecular formula is C12H24N2O2. The van der Waals surface area contributed by atoms with E-state index in [0.717, 1.165) is 32.3 Å². The first kappa shape index (κ1) is 12.3. The van der Waals surface area contributed by atoms with Crippen LogP contribution in [-0.4, -0.2) is 61.5 Å². The van der Waals surface area contributed by atoms with Crippen LogP contribution in [0.1, 0.15) is 19.8 Å². The van der Waals surface area contributed by atoms with Crippen molar-refractivity contribution in [2.24, 2.45) is 5.92 Å². The van der Waals surface area contributed by atoms with Gasteiger partial charge in [-0.1, -0.05) is 6.92 Å². The number of nitrogens with zero attached hydrogens (tertiary/aromatic N) is 1. The van der Waals surface area contributed by atoms with Crippen LogP contribution in [0.25, 0.3) is 0 Å². The summed E-state index contributed by atoms with van der Waals surface area (Å²) in [6.45, 7) is 7.09. The Balaban J connectivity index is 1.68. The van der Waals surface area contributed by atoms with E-state index in [0.29, 0.717) is 12.5 Å². The first-order valence-electron chi connectivity index (χ1n) is 6.45. The van der Waals surface area contributed by atoms with Gasteiger partial charge in [-0.3, -0.25) is 4.90 Å². The van der Waals surface area contributed by atoms with Gasteiger partial charge in [0.05, 0.1) is 25.9 Å². The molecule has 0 bridgehead atoms. The Hall–Kier alpha value is -0.160. The van der Waals surface area contributed by atoms with Crippen LogP contribution < -0.4 is 5.32 Å². The molecule has 16 heavy (non-hydrogen) atoms. The van der Waals surface area contributed by atoms with Gasteiger partial charge < -0.3 is 15.2 Å². The molecule has 2 unspecified atom stereocenters. The average Bonchev–Trinajstić information content (AvgIpc) is 3.11. The quantitative estimate of drug-likeness (QED) is 0.675. The summed E-state index contributed by atoms with van der Waals surface area (Å²) in [5.74, 6) is 0.646. The summed E-state index contributed by atoms with van der Waals surface area (Å²) in [5.41, 5.74) is 0. The van der Waals surface area contributed by atoms with Crippen molar-refractivity contribution in [3.63, 3.8) is 0 Å². The SMILES string of the molecule is CC(CNC1CC1)CN1CCOCC1CO. The summed E-state index contributed by atoms with van der Waals surface area (Å²) in [5, 5.41) is 12.8. The van der Waals surface area contributed by atoms with E-state index in [2.05, 4.69) is 17.1 Å². The molecule has 2 aliphatic rings. The minimum Gasteiger partial charge on any atom is -0.395 e. The van der Waals surface area contributed by atoms with Crippen molar-refractivity contribution < 1.29 is 9.84 Å². The lowest BCUT2D eigenvalue weighted by atomic mass is 10.1. The van der Waals surface area contributed by atoms with Crippen molar-refractivity contribution in [3.05, 3.63) is 0 Å². The van der Waals surface area contributed by atoms with Crippen LogP contribution in [-0.2, 0) is 4.74 Å². The van der Waals surface area contributed by atoms with Crippen LogP contribution in [0, 0.1) is 5.92 Å². The number of rotatable bonds is 6. The first-order chi connectivity index (χ1) is 7.79. The maximum Gasteiger partial charge on any atom is 0.0644 e. The van der Waals surface area contributed by atoms with E-state index in [4.69, 9.17) is 4.74 Å². The van der Waals surface area contributed by atoms with Crippen molar-refractivity contribution in [3.8, 4) is 0 Å². The number of hydrogen-bond donors (Lipinski definition) is 2. The second-order valence-corrected chi connectivity index (χ2v) is 5.19. The molecule has 2 atom stereocenters. The second kappa shape index (κ2) is 5.96. The Bertz CT molecular complexity index is 209. The van der Waals surface area contributed by atoms with Crippen molar-refractivity contribution in [2.75, 3.05) is 39.5 Å². The molecular weight excluding hydrogens is 204 g/mol. The van der Waals surface area contributed by atoms with Crippen molar-refractivity contribution in [1.29, 1.82) is 0 Å². The first-order valence-corrected chi connectivity index (χ1v) is 6.45. The second-order valence-electron chi connectivity index (χ2n) is 5.19. The van der Waals surface area contributed by atoms with Gasteiger partial charge in [0.25, 0.3) is 0 Å². The molecule has 1 aliphatic carbocycles. The monoisotopic (exact) mass is 228 g/mol. The molecule has 1 aliphatic heterocycles. The standard InChI is InChI=1S/C12H24N2O2/c1-10(6-13-11-2-3-11)7-14-4-5-16-9-12(14)8-15/h10-13,15H,2-9H2,1H3. The smallest absolute Gasteiger partial charge is 0.0644 e. The van der Waals surface area contributed by atoms with Gasteiger partial charge in [0, 0.05) is 19.1 Å². The lowest BCUT2D eigenvalue weighted by Gasteiger charge is -2.36. The minimum absolute atomic E-state index is 0.206. The van der Waals surface area contributed by atoms with Gasteiger partial charge in [0.15, 0.2) is 0 Å². The highest BCUT2D eigenvalue weighted by molar-refractivity contribution is 4.82. The Morgan fingerprint density at radius 1 is 1.50 bits per heavy atom. The Morgan fingerprint density at radius 3 is 3.00 bits per heavy atom. The van der Waals surface area contributed by atoms with E-state index >= 15 is 0 Å². The van der Waals surface area contributed by atoms with Crippen molar-refractivity contribution in [1.82, 2.24) is 10.2 Å².